The first-order valence-electron chi connectivity index (χ1n) is 6.13. The normalized spacial score (nSPS) is 21.5. The van der Waals surface area contributed by atoms with Gasteiger partial charge in [0.1, 0.15) is 6.04 Å². The van der Waals surface area contributed by atoms with E-state index < -0.39 is 17.9 Å². The molecule has 1 amide bonds. The Morgan fingerprint density at radius 2 is 2.25 bits per heavy atom. The average Bonchev–Trinajstić information content (AvgIpc) is 2.91. The maximum Gasteiger partial charge on any atom is 0.326 e. The van der Waals surface area contributed by atoms with E-state index in [1.807, 2.05) is 6.07 Å². The molecule has 0 radical (unpaired) electrons. The van der Waals surface area contributed by atoms with Gasteiger partial charge in [-0.3, -0.25) is 4.79 Å². The molecule has 104 valence electrons. The zero-order valence-corrected chi connectivity index (χ0v) is 10.9. The van der Waals surface area contributed by atoms with Gasteiger partial charge in [0.15, 0.2) is 0 Å². The smallest absolute Gasteiger partial charge is 0.326 e. The van der Waals surface area contributed by atoms with E-state index in [1.165, 1.54) is 18.1 Å². The number of benzene rings is 1. The van der Waals surface area contributed by atoms with Crippen molar-refractivity contribution in [2.45, 2.75) is 18.6 Å². The highest BCUT2D eigenvalue weighted by Crippen LogP contribution is 2.23. The number of amides is 1. The van der Waals surface area contributed by atoms with Crippen LogP contribution in [0.15, 0.2) is 24.3 Å². The van der Waals surface area contributed by atoms with E-state index in [-0.39, 0.29) is 19.1 Å². The van der Waals surface area contributed by atoms with Crippen LogP contribution in [0.1, 0.15) is 22.3 Å². The van der Waals surface area contributed by atoms with Crippen LogP contribution in [-0.2, 0) is 9.53 Å². The molecule has 2 atom stereocenters. The molecule has 1 heterocycles. The molecule has 2 rings (SSSR count). The number of carboxylic acids is 1. The lowest BCUT2D eigenvalue weighted by Gasteiger charge is -2.21. The summed E-state index contributed by atoms with van der Waals surface area (Å²) in [5, 5.41) is 18.0. The molecule has 1 fully saturated rings. The Morgan fingerprint density at radius 1 is 1.50 bits per heavy atom. The quantitative estimate of drug-likeness (QED) is 0.883. The molecule has 1 aromatic rings. The molecule has 6 nitrogen and oxygen atoms in total. The Balaban J connectivity index is 2.27. The fourth-order valence-electron chi connectivity index (χ4n) is 2.31. The summed E-state index contributed by atoms with van der Waals surface area (Å²) in [6.07, 6.45) is -0.00519. The average molecular weight is 274 g/mol. The van der Waals surface area contributed by atoms with Crippen LogP contribution in [0.2, 0.25) is 0 Å². The minimum atomic E-state index is -1.05. The summed E-state index contributed by atoms with van der Waals surface area (Å²) in [5.74, 6) is -1.44. The number of aliphatic carboxylic acids is 1. The van der Waals surface area contributed by atoms with E-state index in [0.29, 0.717) is 11.1 Å². The van der Waals surface area contributed by atoms with E-state index >= 15 is 0 Å². The van der Waals surface area contributed by atoms with Crippen molar-refractivity contribution in [2.24, 2.45) is 0 Å². The van der Waals surface area contributed by atoms with E-state index in [4.69, 9.17) is 10.00 Å². The van der Waals surface area contributed by atoms with E-state index in [1.54, 1.807) is 18.2 Å². The van der Waals surface area contributed by atoms with Gasteiger partial charge in [-0.05, 0) is 18.2 Å². The Bertz CT molecular complexity index is 579. The SMILES string of the molecule is COC1CC(C(=O)O)N(C(=O)c2cccc(C#N)c2)C1. The van der Waals surface area contributed by atoms with E-state index in [9.17, 15) is 14.7 Å². The summed E-state index contributed by atoms with van der Waals surface area (Å²) in [5.41, 5.74) is 0.678. The van der Waals surface area contributed by atoms with Crippen LogP contribution in [0, 0.1) is 11.3 Å². The van der Waals surface area contributed by atoms with Crippen molar-refractivity contribution >= 4 is 11.9 Å². The number of methoxy groups -OCH3 is 1. The summed E-state index contributed by atoms with van der Waals surface area (Å²) >= 11 is 0. The fourth-order valence-corrected chi connectivity index (χ4v) is 2.31. The number of nitrogens with zero attached hydrogens (tertiary/aromatic N) is 2. The van der Waals surface area contributed by atoms with Gasteiger partial charge in [-0.25, -0.2) is 4.79 Å². The first-order chi connectivity index (χ1) is 9.56. The highest BCUT2D eigenvalue weighted by Gasteiger charge is 2.40. The molecule has 2 unspecified atom stereocenters. The predicted octanol–water partition coefficient (Wildman–Crippen LogP) is 0.872. The number of carboxylic acid groups (broad SMARTS) is 1. The molecular formula is C14H14N2O4. The van der Waals surface area contributed by atoms with Gasteiger partial charge in [0.2, 0.25) is 0 Å². The topological polar surface area (TPSA) is 90.6 Å². The number of ether oxygens (including phenoxy) is 1. The first kappa shape index (κ1) is 14.0. The third-order valence-corrected chi connectivity index (χ3v) is 3.38. The van der Waals surface area contributed by atoms with Crippen LogP contribution < -0.4 is 0 Å². The van der Waals surface area contributed by atoms with E-state index in [0.717, 1.165) is 0 Å². The highest BCUT2D eigenvalue weighted by molar-refractivity contribution is 5.97. The van der Waals surface area contributed by atoms with Crippen molar-refractivity contribution in [1.82, 2.24) is 4.90 Å². The number of hydrogen-bond acceptors (Lipinski definition) is 4. The zero-order valence-electron chi connectivity index (χ0n) is 10.9. The lowest BCUT2D eigenvalue weighted by Crippen LogP contribution is -2.40. The van der Waals surface area contributed by atoms with Gasteiger partial charge in [-0.1, -0.05) is 6.07 Å². The van der Waals surface area contributed by atoms with Gasteiger partial charge < -0.3 is 14.7 Å². The molecule has 1 saturated heterocycles. The first-order valence-corrected chi connectivity index (χ1v) is 6.13. The second-order valence-electron chi connectivity index (χ2n) is 4.60. The fraction of sp³-hybridized carbons (Fsp3) is 0.357. The molecule has 0 spiro atoms. The van der Waals surface area contributed by atoms with Crippen molar-refractivity contribution in [2.75, 3.05) is 13.7 Å². The van der Waals surface area contributed by atoms with Gasteiger partial charge in [-0.15, -0.1) is 0 Å². The molecule has 1 aliphatic heterocycles. The van der Waals surface area contributed by atoms with Crippen molar-refractivity contribution in [1.29, 1.82) is 5.26 Å². The summed E-state index contributed by atoms with van der Waals surface area (Å²) in [4.78, 5) is 24.9. The molecule has 6 heteroatoms. The van der Waals surface area contributed by atoms with Gasteiger partial charge in [-0.2, -0.15) is 5.26 Å². The molecule has 0 bridgehead atoms. The number of likely N-dealkylation sites (tertiary alicyclic amines) is 1. The summed E-state index contributed by atoms with van der Waals surface area (Å²) in [7, 11) is 1.49. The number of rotatable bonds is 3. The number of carbonyl (C=O) groups is 2. The minimum Gasteiger partial charge on any atom is -0.480 e. The van der Waals surface area contributed by atoms with Crippen LogP contribution in [0.5, 0.6) is 0 Å². The van der Waals surface area contributed by atoms with Gasteiger partial charge in [0.25, 0.3) is 5.91 Å². The van der Waals surface area contributed by atoms with E-state index in [2.05, 4.69) is 0 Å². The molecular weight excluding hydrogens is 260 g/mol. The third-order valence-electron chi connectivity index (χ3n) is 3.38. The molecule has 0 aromatic heterocycles. The summed E-state index contributed by atoms with van der Waals surface area (Å²) < 4.78 is 5.14. The summed E-state index contributed by atoms with van der Waals surface area (Å²) in [6.45, 7) is 0.239. The van der Waals surface area contributed by atoms with Crippen LogP contribution in [-0.4, -0.2) is 47.7 Å². The van der Waals surface area contributed by atoms with Crippen molar-refractivity contribution in [3.63, 3.8) is 0 Å². The van der Waals surface area contributed by atoms with Crippen LogP contribution in [0.4, 0.5) is 0 Å². The Kier molecular flexibility index (Phi) is 4.01. The summed E-state index contributed by atoms with van der Waals surface area (Å²) in [6, 6.07) is 7.29. The Morgan fingerprint density at radius 3 is 2.85 bits per heavy atom. The van der Waals surface area contributed by atoms with Crippen molar-refractivity contribution in [3.05, 3.63) is 35.4 Å². The molecule has 0 aliphatic carbocycles. The number of carbonyl (C=O) groups excluding carboxylic acids is 1. The standard InChI is InChI=1S/C14H14N2O4/c1-20-11-6-12(14(18)19)16(8-11)13(17)10-4-2-3-9(5-10)7-15/h2-5,11-12H,6,8H2,1H3,(H,18,19). The van der Waals surface area contributed by atoms with Crippen LogP contribution >= 0.6 is 0 Å². The molecule has 1 aromatic carbocycles. The third kappa shape index (κ3) is 2.63. The molecule has 0 saturated carbocycles. The largest absolute Gasteiger partial charge is 0.480 e. The van der Waals surface area contributed by atoms with Crippen LogP contribution in [0.25, 0.3) is 0 Å². The lowest BCUT2D eigenvalue weighted by atomic mass is 10.1. The van der Waals surface area contributed by atoms with Gasteiger partial charge in [0.05, 0.1) is 17.7 Å². The second-order valence-corrected chi connectivity index (χ2v) is 4.60. The van der Waals surface area contributed by atoms with Gasteiger partial charge in [0, 0.05) is 25.6 Å². The Labute approximate surface area is 116 Å². The molecule has 1 aliphatic rings. The predicted molar refractivity (Wildman–Crippen MR) is 69.0 cm³/mol. The van der Waals surface area contributed by atoms with Gasteiger partial charge >= 0.3 is 5.97 Å². The monoisotopic (exact) mass is 274 g/mol. The maximum atomic E-state index is 12.4. The second kappa shape index (κ2) is 5.72. The van der Waals surface area contributed by atoms with Crippen molar-refractivity contribution < 1.29 is 19.4 Å². The minimum absolute atomic E-state index is 0.239. The highest BCUT2D eigenvalue weighted by atomic mass is 16.5. The van der Waals surface area contributed by atoms with Crippen LogP contribution in [0.3, 0.4) is 0 Å². The number of nitriles is 1. The molecule has 1 N–H and O–H groups in total. The molecule has 20 heavy (non-hydrogen) atoms. The zero-order chi connectivity index (χ0) is 14.7. The number of hydrogen-bond donors (Lipinski definition) is 1. The Hall–Kier alpha value is -2.39. The van der Waals surface area contributed by atoms with Crippen molar-refractivity contribution in [3.8, 4) is 6.07 Å². The lowest BCUT2D eigenvalue weighted by molar-refractivity contribution is -0.141. The maximum absolute atomic E-state index is 12.4.